The zero-order chi connectivity index (χ0) is 13.5. The molecule has 1 aromatic carbocycles. The maximum atomic E-state index is 11.8. The minimum Gasteiger partial charge on any atom is -0.330 e. The highest BCUT2D eigenvalue weighted by molar-refractivity contribution is 6.33. The maximum absolute atomic E-state index is 11.8. The van der Waals surface area contributed by atoms with Gasteiger partial charge in [0, 0.05) is 6.42 Å². The number of carbonyl (C=O) groups is 1. The van der Waals surface area contributed by atoms with Gasteiger partial charge in [0.2, 0.25) is 5.91 Å². The summed E-state index contributed by atoms with van der Waals surface area (Å²) >= 11 is 6.02. The SMILES string of the molecule is Cc1ccc(Cl)c(NC(=O)CCC(C)CCN)c1. The number of nitrogens with two attached hydrogens (primary N) is 1. The number of rotatable bonds is 6. The van der Waals surface area contributed by atoms with Crippen LogP contribution in [0.4, 0.5) is 5.69 Å². The fourth-order valence-corrected chi connectivity index (χ4v) is 1.92. The van der Waals surface area contributed by atoms with E-state index in [1.807, 2.05) is 19.1 Å². The largest absolute Gasteiger partial charge is 0.330 e. The van der Waals surface area contributed by atoms with E-state index in [0.717, 1.165) is 18.4 Å². The van der Waals surface area contributed by atoms with Gasteiger partial charge >= 0.3 is 0 Å². The van der Waals surface area contributed by atoms with E-state index in [0.29, 0.717) is 29.6 Å². The van der Waals surface area contributed by atoms with Crippen LogP contribution in [0.15, 0.2) is 18.2 Å². The fourth-order valence-electron chi connectivity index (χ4n) is 1.75. The zero-order valence-corrected chi connectivity index (χ0v) is 11.8. The predicted molar refractivity (Wildman–Crippen MR) is 76.9 cm³/mol. The van der Waals surface area contributed by atoms with E-state index in [9.17, 15) is 4.79 Å². The van der Waals surface area contributed by atoms with E-state index in [-0.39, 0.29) is 5.91 Å². The van der Waals surface area contributed by atoms with E-state index in [1.165, 1.54) is 0 Å². The first-order valence-corrected chi connectivity index (χ1v) is 6.66. The van der Waals surface area contributed by atoms with Crippen molar-refractivity contribution in [1.29, 1.82) is 0 Å². The van der Waals surface area contributed by atoms with Crippen LogP contribution in [-0.2, 0) is 4.79 Å². The number of aryl methyl sites for hydroxylation is 1. The Kier molecular flexibility index (Phi) is 6.16. The lowest BCUT2D eigenvalue weighted by Gasteiger charge is -2.11. The Morgan fingerprint density at radius 1 is 1.44 bits per heavy atom. The van der Waals surface area contributed by atoms with Crippen LogP contribution in [0.1, 0.15) is 31.7 Å². The van der Waals surface area contributed by atoms with Crippen molar-refractivity contribution in [3.63, 3.8) is 0 Å². The zero-order valence-electron chi connectivity index (χ0n) is 11.0. The Hall–Kier alpha value is -1.06. The van der Waals surface area contributed by atoms with Crippen molar-refractivity contribution < 1.29 is 4.79 Å². The summed E-state index contributed by atoms with van der Waals surface area (Å²) in [5.41, 5.74) is 7.24. The quantitative estimate of drug-likeness (QED) is 0.831. The number of amides is 1. The molecule has 0 aromatic heterocycles. The van der Waals surface area contributed by atoms with Crippen molar-refractivity contribution in [2.45, 2.75) is 33.1 Å². The normalized spacial score (nSPS) is 12.2. The van der Waals surface area contributed by atoms with Gasteiger partial charge in [0.15, 0.2) is 0 Å². The van der Waals surface area contributed by atoms with Gasteiger partial charge in [-0.1, -0.05) is 24.6 Å². The Morgan fingerprint density at radius 3 is 2.83 bits per heavy atom. The summed E-state index contributed by atoms with van der Waals surface area (Å²) < 4.78 is 0. The predicted octanol–water partition coefficient (Wildman–Crippen LogP) is 3.35. The van der Waals surface area contributed by atoms with Crippen molar-refractivity contribution in [3.8, 4) is 0 Å². The van der Waals surface area contributed by atoms with Crippen LogP contribution in [0.3, 0.4) is 0 Å². The van der Waals surface area contributed by atoms with Crippen LogP contribution >= 0.6 is 11.6 Å². The molecule has 0 spiro atoms. The first-order valence-electron chi connectivity index (χ1n) is 6.29. The van der Waals surface area contributed by atoms with Crippen LogP contribution in [0.25, 0.3) is 0 Å². The Morgan fingerprint density at radius 2 is 2.17 bits per heavy atom. The number of hydrogen-bond acceptors (Lipinski definition) is 2. The van der Waals surface area contributed by atoms with Crippen molar-refractivity contribution in [1.82, 2.24) is 0 Å². The van der Waals surface area contributed by atoms with E-state index < -0.39 is 0 Å². The van der Waals surface area contributed by atoms with E-state index in [1.54, 1.807) is 6.07 Å². The van der Waals surface area contributed by atoms with Gasteiger partial charge in [0.25, 0.3) is 0 Å². The topological polar surface area (TPSA) is 55.1 Å². The van der Waals surface area contributed by atoms with Crippen LogP contribution in [-0.4, -0.2) is 12.5 Å². The summed E-state index contributed by atoms with van der Waals surface area (Å²) in [6.45, 7) is 4.75. The Bertz CT molecular complexity index is 407. The second kappa shape index (κ2) is 7.39. The van der Waals surface area contributed by atoms with Gasteiger partial charge in [-0.25, -0.2) is 0 Å². The van der Waals surface area contributed by atoms with Gasteiger partial charge in [-0.15, -0.1) is 0 Å². The number of benzene rings is 1. The first kappa shape index (κ1) is 15.0. The molecule has 3 nitrogen and oxygen atoms in total. The molecule has 0 aliphatic carbocycles. The van der Waals surface area contributed by atoms with Crippen LogP contribution in [0.5, 0.6) is 0 Å². The maximum Gasteiger partial charge on any atom is 0.224 e. The molecule has 4 heteroatoms. The summed E-state index contributed by atoms with van der Waals surface area (Å²) in [5, 5.41) is 3.42. The number of hydrogen-bond donors (Lipinski definition) is 2. The fraction of sp³-hybridized carbons (Fsp3) is 0.500. The summed E-state index contributed by atoms with van der Waals surface area (Å²) in [6, 6.07) is 5.59. The van der Waals surface area contributed by atoms with Crippen molar-refractivity contribution >= 4 is 23.2 Å². The highest BCUT2D eigenvalue weighted by Crippen LogP contribution is 2.23. The highest BCUT2D eigenvalue weighted by Gasteiger charge is 2.08. The monoisotopic (exact) mass is 268 g/mol. The first-order chi connectivity index (χ1) is 8.52. The number of anilines is 1. The van der Waals surface area contributed by atoms with Gasteiger partial charge in [-0.2, -0.15) is 0 Å². The molecule has 0 aliphatic heterocycles. The van der Waals surface area contributed by atoms with Crippen LogP contribution in [0.2, 0.25) is 5.02 Å². The number of halogens is 1. The Balaban J connectivity index is 2.47. The van der Waals surface area contributed by atoms with Crippen molar-refractivity contribution in [2.24, 2.45) is 11.7 Å². The minimum absolute atomic E-state index is 0.00590. The average Bonchev–Trinajstić information content (AvgIpc) is 2.32. The molecule has 100 valence electrons. The summed E-state index contributed by atoms with van der Waals surface area (Å²) in [4.78, 5) is 11.8. The molecule has 3 N–H and O–H groups in total. The molecule has 1 amide bonds. The molecule has 1 rings (SSSR count). The molecule has 0 radical (unpaired) electrons. The van der Waals surface area contributed by atoms with Crippen molar-refractivity contribution in [3.05, 3.63) is 28.8 Å². The van der Waals surface area contributed by atoms with E-state index in [4.69, 9.17) is 17.3 Å². The molecule has 1 aromatic rings. The molecular weight excluding hydrogens is 248 g/mol. The lowest BCUT2D eigenvalue weighted by atomic mass is 10.0. The van der Waals surface area contributed by atoms with Gasteiger partial charge in [-0.05, 0) is 49.9 Å². The second-order valence-electron chi connectivity index (χ2n) is 4.75. The molecule has 0 aliphatic rings. The highest BCUT2D eigenvalue weighted by atomic mass is 35.5. The van der Waals surface area contributed by atoms with Crippen LogP contribution in [0, 0.1) is 12.8 Å². The van der Waals surface area contributed by atoms with Gasteiger partial charge in [0.05, 0.1) is 10.7 Å². The van der Waals surface area contributed by atoms with Gasteiger partial charge in [-0.3, -0.25) is 4.79 Å². The molecular formula is C14H21ClN2O. The average molecular weight is 269 g/mol. The molecule has 1 atom stereocenters. The lowest BCUT2D eigenvalue weighted by Crippen LogP contribution is -2.14. The summed E-state index contributed by atoms with van der Waals surface area (Å²) in [6.07, 6.45) is 2.32. The molecule has 18 heavy (non-hydrogen) atoms. The molecule has 0 heterocycles. The molecule has 0 saturated carbocycles. The second-order valence-corrected chi connectivity index (χ2v) is 5.16. The third kappa shape index (κ3) is 5.07. The smallest absolute Gasteiger partial charge is 0.224 e. The third-order valence-corrected chi connectivity index (χ3v) is 3.25. The molecule has 0 bridgehead atoms. The van der Waals surface area contributed by atoms with Gasteiger partial charge < -0.3 is 11.1 Å². The molecule has 0 fully saturated rings. The summed E-state index contributed by atoms with van der Waals surface area (Å²) in [5.74, 6) is 0.486. The summed E-state index contributed by atoms with van der Waals surface area (Å²) in [7, 11) is 0. The number of nitrogens with one attached hydrogen (secondary N) is 1. The standard InChI is InChI=1S/C14H21ClN2O/c1-10(7-8-16)4-6-14(18)17-13-9-11(2)3-5-12(13)15/h3,5,9-10H,4,6-8,16H2,1-2H3,(H,17,18). The Labute approximate surface area is 114 Å². The lowest BCUT2D eigenvalue weighted by molar-refractivity contribution is -0.116. The third-order valence-electron chi connectivity index (χ3n) is 2.92. The van der Waals surface area contributed by atoms with Crippen molar-refractivity contribution in [2.75, 3.05) is 11.9 Å². The number of carbonyl (C=O) groups excluding carboxylic acids is 1. The van der Waals surface area contributed by atoms with Gasteiger partial charge in [0.1, 0.15) is 0 Å². The molecule has 0 saturated heterocycles. The van der Waals surface area contributed by atoms with Crippen LogP contribution < -0.4 is 11.1 Å². The van der Waals surface area contributed by atoms with E-state index >= 15 is 0 Å². The molecule has 1 unspecified atom stereocenters. The minimum atomic E-state index is 0.00590. The van der Waals surface area contributed by atoms with E-state index in [2.05, 4.69) is 12.2 Å².